The lowest BCUT2D eigenvalue weighted by atomic mass is 10.0. The van der Waals surface area contributed by atoms with Crippen molar-refractivity contribution in [1.29, 1.82) is 0 Å². The first-order chi connectivity index (χ1) is 15.6. The SMILES string of the molecule is O=C1CCC(N2Cc3cc(CNC(=O)C(F)(F)c4ccc(Cl)cc4Cl)ccc3C2=O)C(=O)N1. The molecule has 0 saturated carbocycles. The largest absolute Gasteiger partial charge is 0.351 e. The maximum absolute atomic E-state index is 14.6. The van der Waals surface area contributed by atoms with Gasteiger partial charge in [0.15, 0.2) is 0 Å². The number of fused-ring (bicyclic) bond motifs is 1. The number of carbonyl (C=O) groups is 4. The molecule has 0 aromatic heterocycles. The van der Waals surface area contributed by atoms with E-state index in [9.17, 15) is 28.0 Å². The molecule has 1 saturated heterocycles. The van der Waals surface area contributed by atoms with Gasteiger partial charge in [-0.25, -0.2) is 0 Å². The first-order valence-electron chi connectivity index (χ1n) is 9.96. The predicted molar refractivity (Wildman–Crippen MR) is 115 cm³/mol. The normalized spacial score (nSPS) is 18.2. The Labute approximate surface area is 197 Å². The number of hydrogen-bond acceptors (Lipinski definition) is 4. The van der Waals surface area contributed by atoms with E-state index in [1.165, 1.54) is 17.0 Å². The number of carbonyl (C=O) groups excluding carboxylic acids is 4. The van der Waals surface area contributed by atoms with Crippen molar-refractivity contribution >= 4 is 46.8 Å². The van der Waals surface area contributed by atoms with E-state index in [2.05, 4.69) is 10.6 Å². The zero-order chi connectivity index (χ0) is 23.9. The van der Waals surface area contributed by atoms with Crippen LogP contribution in [0, 0.1) is 0 Å². The summed E-state index contributed by atoms with van der Waals surface area (Å²) < 4.78 is 29.2. The Kier molecular flexibility index (Phi) is 6.11. The standard InChI is InChI=1S/C22H17Cl2F2N3O4/c23-13-2-4-15(16(24)8-13)22(25,26)21(33)27-9-11-1-3-14-12(7-11)10-29(20(14)32)17-5-6-18(30)28-19(17)31/h1-4,7-8,17H,5-6,9-10H2,(H,27,33)(H,28,30,31). The van der Waals surface area contributed by atoms with Crippen LogP contribution in [0.3, 0.4) is 0 Å². The monoisotopic (exact) mass is 495 g/mol. The van der Waals surface area contributed by atoms with Gasteiger partial charge in [0.05, 0.1) is 5.02 Å². The summed E-state index contributed by atoms with van der Waals surface area (Å²) in [7, 11) is 0. The summed E-state index contributed by atoms with van der Waals surface area (Å²) in [5.74, 6) is -6.66. The molecule has 2 aromatic carbocycles. The number of amides is 4. The van der Waals surface area contributed by atoms with E-state index in [-0.39, 0.29) is 47.8 Å². The molecule has 4 rings (SSSR count). The second kappa shape index (κ2) is 8.72. The van der Waals surface area contributed by atoms with Crippen molar-refractivity contribution in [3.63, 3.8) is 0 Å². The summed E-state index contributed by atoms with van der Waals surface area (Å²) in [5, 5.41) is 4.25. The minimum atomic E-state index is -3.88. The number of piperidine rings is 1. The van der Waals surface area contributed by atoms with Crippen LogP contribution in [0.25, 0.3) is 0 Å². The highest BCUT2D eigenvalue weighted by Gasteiger charge is 2.43. The van der Waals surface area contributed by atoms with Crippen molar-refractivity contribution in [1.82, 2.24) is 15.5 Å². The average Bonchev–Trinajstić information content (AvgIpc) is 3.07. The highest BCUT2D eigenvalue weighted by atomic mass is 35.5. The van der Waals surface area contributed by atoms with Crippen molar-refractivity contribution in [2.24, 2.45) is 0 Å². The highest BCUT2D eigenvalue weighted by molar-refractivity contribution is 6.35. The minimum absolute atomic E-state index is 0.138. The Morgan fingerprint density at radius 3 is 2.61 bits per heavy atom. The van der Waals surface area contributed by atoms with Gasteiger partial charge in [-0.15, -0.1) is 0 Å². The zero-order valence-electron chi connectivity index (χ0n) is 17.0. The number of halogens is 4. The van der Waals surface area contributed by atoms with E-state index in [4.69, 9.17) is 23.2 Å². The zero-order valence-corrected chi connectivity index (χ0v) is 18.5. The molecular formula is C22H17Cl2F2N3O4. The Morgan fingerprint density at radius 2 is 1.91 bits per heavy atom. The smallest absolute Gasteiger partial charge is 0.346 e. The van der Waals surface area contributed by atoms with Gasteiger partial charge < -0.3 is 10.2 Å². The van der Waals surface area contributed by atoms with Crippen LogP contribution in [0.1, 0.15) is 39.9 Å². The van der Waals surface area contributed by atoms with E-state index in [0.29, 0.717) is 16.7 Å². The van der Waals surface area contributed by atoms with Crippen molar-refractivity contribution in [2.75, 3.05) is 0 Å². The molecule has 33 heavy (non-hydrogen) atoms. The van der Waals surface area contributed by atoms with Gasteiger partial charge in [-0.2, -0.15) is 8.78 Å². The van der Waals surface area contributed by atoms with Gasteiger partial charge in [0.2, 0.25) is 11.8 Å². The molecule has 172 valence electrons. The van der Waals surface area contributed by atoms with Crippen molar-refractivity contribution in [2.45, 2.75) is 37.9 Å². The molecule has 0 aliphatic carbocycles. The molecule has 2 heterocycles. The molecular weight excluding hydrogens is 479 g/mol. The highest BCUT2D eigenvalue weighted by Crippen LogP contribution is 2.35. The maximum Gasteiger partial charge on any atom is 0.351 e. The Balaban J connectivity index is 1.44. The topological polar surface area (TPSA) is 95.6 Å². The Bertz CT molecular complexity index is 1190. The Hall–Kier alpha value is -3.04. The third kappa shape index (κ3) is 4.43. The number of imide groups is 1. The molecule has 11 heteroatoms. The molecule has 1 fully saturated rings. The average molecular weight is 496 g/mol. The van der Waals surface area contributed by atoms with Gasteiger partial charge in [-0.05, 0) is 41.8 Å². The fourth-order valence-corrected chi connectivity index (χ4v) is 4.42. The molecule has 0 radical (unpaired) electrons. The molecule has 7 nitrogen and oxygen atoms in total. The van der Waals surface area contributed by atoms with Gasteiger partial charge >= 0.3 is 5.92 Å². The summed E-state index contributed by atoms with van der Waals surface area (Å²) in [6.07, 6.45) is 0.370. The van der Waals surface area contributed by atoms with Gasteiger partial charge in [-0.3, -0.25) is 24.5 Å². The van der Waals surface area contributed by atoms with Crippen LogP contribution in [0.5, 0.6) is 0 Å². The lowest BCUT2D eigenvalue weighted by Crippen LogP contribution is -2.52. The second-order valence-electron chi connectivity index (χ2n) is 7.77. The minimum Gasteiger partial charge on any atom is -0.346 e. The van der Waals surface area contributed by atoms with Crippen LogP contribution in [0.15, 0.2) is 36.4 Å². The number of nitrogens with one attached hydrogen (secondary N) is 2. The molecule has 4 amide bonds. The van der Waals surface area contributed by atoms with E-state index < -0.39 is 29.3 Å². The molecule has 2 aromatic rings. The summed E-state index contributed by atoms with van der Waals surface area (Å²) in [6.45, 7) is -0.0711. The lowest BCUT2D eigenvalue weighted by Gasteiger charge is -2.29. The molecule has 2 aliphatic rings. The van der Waals surface area contributed by atoms with Crippen LogP contribution in [0.4, 0.5) is 8.78 Å². The van der Waals surface area contributed by atoms with E-state index >= 15 is 0 Å². The summed E-state index contributed by atoms with van der Waals surface area (Å²) in [4.78, 5) is 49.8. The van der Waals surface area contributed by atoms with Crippen molar-refractivity contribution in [3.05, 3.63) is 68.7 Å². The van der Waals surface area contributed by atoms with Crippen LogP contribution in [-0.4, -0.2) is 34.6 Å². The summed E-state index contributed by atoms with van der Waals surface area (Å²) >= 11 is 11.5. The maximum atomic E-state index is 14.6. The van der Waals surface area contributed by atoms with Crippen molar-refractivity contribution < 1.29 is 28.0 Å². The van der Waals surface area contributed by atoms with E-state index in [1.807, 2.05) is 0 Å². The van der Waals surface area contributed by atoms with Crippen LogP contribution >= 0.6 is 23.2 Å². The summed E-state index contributed by atoms with van der Waals surface area (Å²) in [6, 6.07) is 7.27. The van der Waals surface area contributed by atoms with Gasteiger partial charge in [0, 0.05) is 35.7 Å². The molecule has 0 bridgehead atoms. The molecule has 0 spiro atoms. The van der Waals surface area contributed by atoms with Crippen LogP contribution < -0.4 is 10.6 Å². The number of hydrogen-bond donors (Lipinski definition) is 2. The lowest BCUT2D eigenvalue weighted by molar-refractivity contribution is -0.147. The third-order valence-electron chi connectivity index (χ3n) is 5.60. The first kappa shape index (κ1) is 23.1. The predicted octanol–water partition coefficient (Wildman–Crippen LogP) is 3.16. The fourth-order valence-electron chi connectivity index (χ4n) is 3.90. The quantitative estimate of drug-likeness (QED) is 0.622. The molecule has 1 atom stereocenters. The van der Waals surface area contributed by atoms with Crippen LogP contribution in [-0.2, 0) is 33.4 Å². The first-order valence-corrected chi connectivity index (χ1v) is 10.7. The number of nitrogens with zero attached hydrogens (tertiary/aromatic N) is 1. The van der Waals surface area contributed by atoms with E-state index in [1.54, 1.807) is 12.1 Å². The number of rotatable bonds is 5. The fraction of sp³-hybridized carbons (Fsp3) is 0.273. The molecule has 2 aliphatic heterocycles. The van der Waals surface area contributed by atoms with Gasteiger partial charge in [0.25, 0.3) is 11.8 Å². The van der Waals surface area contributed by atoms with Gasteiger partial charge in [0.1, 0.15) is 6.04 Å². The third-order valence-corrected chi connectivity index (χ3v) is 6.14. The van der Waals surface area contributed by atoms with Crippen LogP contribution in [0.2, 0.25) is 10.0 Å². The number of benzene rings is 2. The Morgan fingerprint density at radius 1 is 1.15 bits per heavy atom. The van der Waals surface area contributed by atoms with E-state index in [0.717, 1.165) is 12.1 Å². The molecule has 1 unspecified atom stereocenters. The second-order valence-corrected chi connectivity index (χ2v) is 8.62. The summed E-state index contributed by atoms with van der Waals surface area (Å²) in [5.41, 5.74) is 0.820. The van der Waals surface area contributed by atoms with Crippen molar-refractivity contribution in [3.8, 4) is 0 Å². The van der Waals surface area contributed by atoms with Gasteiger partial charge in [-0.1, -0.05) is 35.3 Å². The number of alkyl halides is 2. The molecule has 2 N–H and O–H groups in total.